The maximum Gasteiger partial charge on any atom is 0.147 e. The lowest BCUT2D eigenvalue weighted by molar-refractivity contribution is 0.663. The fourth-order valence-electron chi connectivity index (χ4n) is 8.24. The minimum Gasteiger partial charge on any atom is -0.456 e. The number of para-hydroxylation sites is 1. The van der Waals surface area contributed by atoms with Gasteiger partial charge in [-0.2, -0.15) is 0 Å². The van der Waals surface area contributed by atoms with E-state index in [0.717, 1.165) is 49.4 Å². The van der Waals surface area contributed by atoms with Crippen LogP contribution in [0.2, 0.25) is 0 Å². The van der Waals surface area contributed by atoms with E-state index in [-0.39, 0.29) is 0 Å². The van der Waals surface area contributed by atoms with Gasteiger partial charge in [-0.05, 0) is 96.0 Å². The summed E-state index contributed by atoms with van der Waals surface area (Å²) in [5.41, 5.74) is 10.7. The molecule has 0 aliphatic heterocycles. The third-order valence-electron chi connectivity index (χ3n) is 10.5. The Labute approximate surface area is 287 Å². The fraction of sp³-hybridized carbons (Fsp3) is 0. The summed E-state index contributed by atoms with van der Waals surface area (Å²) in [6.45, 7) is 0. The summed E-state index contributed by atoms with van der Waals surface area (Å²) in [6.07, 6.45) is 0. The van der Waals surface area contributed by atoms with Gasteiger partial charge in [0.1, 0.15) is 22.3 Å². The number of hydrogen-bond acceptors (Lipinski definition) is 2. The third-order valence-corrected chi connectivity index (χ3v) is 10.5. The maximum absolute atomic E-state index is 6.73. The predicted octanol–water partition coefficient (Wildman–Crippen LogP) is 13.9. The Morgan fingerprint density at radius 2 is 0.860 bits per heavy atom. The highest BCUT2D eigenvalue weighted by Gasteiger charge is 2.20. The molecule has 0 aliphatic rings. The van der Waals surface area contributed by atoms with E-state index >= 15 is 0 Å². The molecule has 0 saturated heterocycles. The molecule has 0 bridgehead atoms. The summed E-state index contributed by atoms with van der Waals surface area (Å²) in [5.74, 6) is 0. The van der Waals surface area contributed by atoms with Crippen LogP contribution in [0.3, 0.4) is 0 Å². The first-order valence-electron chi connectivity index (χ1n) is 17.1. The van der Waals surface area contributed by atoms with Crippen molar-refractivity contribution in [3.63, 3.8) is 0 Å². The zero-order chi connectivity index (χ0) is 32.8. The second-order valence-electron chi connectivity index (χ2n) is 13.2. The average molecular weight is 637 g/mol. The van der Waals surface area contributed by atoms with Gasteiger partial charge in [-0.25, -0.2) is 0 Å². The van der Waals surface area contributed by atoms with Crippen LogP contribution >= 0.6 is 0 Å². The summed E-state index contributed by atoms with van der Waals surface area (Å²) in [4.78, 5) is 0. The van der Waals surface area contributed by atoms with Crippen LogP contribution < -0.4 is 0 Å². The highest BCUT2D eigenvalue weighted by atomic mass is 16.3. The molecule has 0 N–H and O–H groups in total. The molecule has 2 heteroatoms. The fourth-order valence-corrected chi connectivity index (χ4v) is 8.24. The molecule has 0 amide bonds. The molecule has 0 aliphatic carbocycles. The number of rotatable bonds is 3. The molecule has 0 spiro atoms. The van der Waals surface area contributed by atoms with E-state index in [9.17, 15) is 0 Å². The van der Waals surface area contributed by atoms with Gasteiger partial charge in [0.15, 0.2) is 0 Å². The monoisotopic (exact) mass is 636 g/mol. The van der Waals surface area contributed by atoms with Gasteiger partial charge in [0.25, 0.3) is 0 Å². The molecule has 50 heavy (non-hydrogen) atoms. The standard InChI is InChI=1S/C48H28O2/c1-2-12-33-29(10-1)11-9-18-34(33)30-20-22-31(23-21-30)45-36-13-3-5-15-38(36)46(39-16-6-4-14-37(39)45)32-24-25-35-40-26-27-43-47(48(40)50-44(35)28-32)41-17-7-8-19-42(41)49-43/h1-28H. The first kappa shape index (κ1) is 27.3. The second kappa shape index (κ2) is 10.4. The van der Waals surface area contributed by atoms with E-state index in [1.807, 2.05) is 12.1 Å². The van der Waals surface area contributed by atoms with Gasteiger partial charge >= 0.3 is 0 Å². The highest BCUT2D eigenvalue weighted by Crippen LogP contribution is 2.46. The molecule has 11 aromatic rings. The Bertz CT molecular complexity index is 3080. The van der Waals surface area contributed by atoms with E-state index in [4.69, 9.17) is 8.83 Å². The van der Waals surface area contributed by atoms with E-state index in [1.165, 1.54) is 60.1 Å². The number of fused-ring (bicyclic) bond motifs is 10. The molecule has 0 unspecified atom stereocenters. The molecule has 0 saturated carbocycles. The van der Waals surface area contributed by atoms with E-state index < -0.39 is 0 Å². The number of hydrogen-bond donors (Lipinski definition) is 0. The normalized spacial score (nSPS) is 12.0. The van der Waals surface area contributed by atoms with Crippen LogP contribution in [0, 0.1) is 0 Å². The van der Waals surface area contributed by atoms with Crippen molar-refractivity contribution in [2.75, 3.05) is 0 Å². The minimum atomic E-state index is 0.843. The van der Waals surface area contributed by atoms with Crippen molar-refractivity contribution in [1.82, 2.24) is 0 Å². The summed E-state index contributed by atoms with van der Waals surface area (Å²) in [5, 5.41) is 11.7. The maximum atomic E-state index is 6.73. The average Bonchev–Trinajstić information content (AvgIpc) is 3.75. The lowest BCUT2D eigenvalue weighted by atomic mass is 9.85. The van der Waals surface area contributed by atoms with Gasteiger partial charge < -0.3 is 8.83 Å². The summed E-state index contributed by atoms with van der Waals surface area (Å²) < 4.78 is 12.9. The first-order valence-corrected chi connectivity index (χ1v) is 17.1. The summed E-state index contributed by atoms with van der Waals surface area (Å²) in [7, 11) is 0. The topological polar surface area (TPSA) is 26.3 Å². The predicted molar refractivity (Wildman–Crippen MR) is 210 cm³/mol. The summed E-state index contributed by atoms with van der Waals surface area (Å²) in [6, 6.07) is 61.0. The minimum absolute atomic E-state index is 0.843. The van der Waals surface area contributed by atoms with Crippen molar-refractivity contribution in [2.45, 2.75) is 0 Å². The highest BCUT2D eigenvalue weighted by molar-refractivity contribution is 6.24. The Hall–Kier alpha value is -6.64. The van der Waals surface area contributed by atoms with Crippen molar-refractivity contribution in [3.8, 4) is 33.4 Å². The molecule has 0 radical (unpaired) electrons. The van der Waals surface area contributed by atoms with Crippen molar-refractivity contribution < 1.29 is 8.83 Å². The number of benzene rings is 9. The van der Waals surface area contributed by atoms with E-state index in [2.05, 4.69) is 158 Å². The van der Waals surface area contributed by atoms with Crippen LogP contribution in [0.5, 0.6) is 0 Å². The van der Waals surface area contributed by atoms with Gasteiger partial charge in [-0.3, -0.25) is 0 Å². The molecular weight excluding hydrogens is 609 g/mol. The quantitative estimate of drug-likeness (QED) is 0.180. The van der Waals surface area contributed by atoms with Gasteiger partial charge in [0.05, 0.1) is 5.39 Å². The van der Waals surface area contributed by atoms with Gasteiger partial charge in [0.2, 0.25) is 0 Å². The smallest absolute Gasteiger partial charge is 0.147 e. The molecule has 2 aromatic heterocycles. The molecule has 11 rings (SSSR count). The van der Waals surface area contributed by atoms with E-state index in [0.29, 0.717) is 0 Å². The van der Waals surface area contributed by atoms with Crippen molar-refractivity contribution >= 4 is 76.2 Å². The largest absolute Gasteiger partial charge is 0.456 e. The van der Waals surface area contributed by atoms with Gasteiger partial charge in [-0.1, -0.05) is 140 Å². The summed E-state index contributed by atoms with van der Waals surface area (Å²) >= 11 is 0. The Morgan fingerprint density at radius 3 is 1.60 bits per heavy atom. The lowest BCUT2D eigenvalue weighted by Crippen LogP contribution is -1.91. The molecule has 0 atom stereocenters. The van der Waals surface area contributed by atoms with E-state index in [1.54, 1.807) is 0 Å². The van der Waals surface area contributed by atoms with Crippen LogP contribution in [0.15, 0.2) is 179 Å². The van der Waals surface area contributed by atoms with Gasteiger partial charge in [0, 0.05) is 16.2 Å². The second-order valence-corrected chi connectivity index (χ2v) is 13.2. The number of furan rings is 2. The van der Waals surface area contributed by atoms with Crippen LogP contribution in [0.1, 0.15) is 0 Å². The Morgan fingerprint density at radius 1 is 0.300 bits per heavy atom. The third kappa shape index (κ3) is 3.90. The zero-order valence-electron chi connectivity index (χ0n) is 27.0. The molecule has 0 fully saturated rings. The Balaban J connectivity index is 1.12. The first-order chi connectivity index (χ1) is 24.8. The van der Waals surface area contributed by atoms with Crippen LogP contribution in [0.4, 0.5) is 0 Å². The molecule has 232 valence electrons. The lowest BCUT2D eigenvalue weighted by Gasteiger charge is -2.18. The van der Waals surface area contributed by atoms with Crippen molar-refractivity contribution in [2.24, 2.45) is 0 Å². The van der Waals surface area contributed by atoms with Gasteiger partial charge in [-0.15, -0.1) is 0 Å². The Kier molecular flexibility index (Phi) is 5.70. The molecule has 2 heterocycles. The molecule has 9 aromatic carbocycles. The molecular formula is C48H28O2. The zero-order valence-corrected chi connectivity index (χ0v) is 27.0. The van der Waals surface area contributed by atoms with Crippen molar-refractivity contribution in [3.05, 3.63) is 170 Å². The van der Waals surface area contributed by atoms with Crippen LogP contribution in [-0.4, -0.2) is 0 Å². The SMILES string of the molecule is c1ccc2c(-c3ccc(-c4c5ccccc5c(-c5ccc6c(c5)oc5c6ccc6oc7ccccc7c65)c5ccccc45)cc3)cccc2c1. The van der Waals surface area contributed by atoms with Crippen molar-refractivity contribution in [1.29, 1.82) is 0 Å². The van der Waals surface area contributed by atoms with Crippen LogP contribution in [-0.2, 0) is 0 Å². The van der Waals surface area contributed by atoms with Crippen LogP contribution in [0.25, 0.3) is 110 Å². The molecule has 2 nitrogen and oxygen atoms in total.